The molecule has 0 bridgehead atoms. The van der Waals surface area contributed by atoms with Crippen LogP contribution in [0, 0.1) is 5.82 Å². The molecule has 33 heavy (non-hydrogen) atoms. The maximum absolute atomic E-state index is 14.4. The van der Waals surface area contributed by atoms with Gasteiger partial charge in [-0.1, -0.05) is 6.07 Å². The molecular formula is C23H25FN6O3. The molecule has 4 rings (SSSR count). The van der Waals surface area contributed by atoms with Gasteiger partial charge in [0.15, 0.2) is 11.6 Å². The van der Waals surface area contributed by atoms with Crippen molar-refractivity contribution in [1.82, 2.24) is 15.4 Å². The number of hydrazine groups is 1. The summed E-state index contributed by atoms with van der Waals surface area (Å²) >= 11 is 0. The SMILES string of the molecule is COC(=O)CN1NCc2ccc(Nc3nc(Nc4ccc(OC(C)C)cc4)ncc3F)cc21. The lowest BCUT2D eigenvalue weighted by atomic mass is 10.1. The zero-order valence-corrected chi connectivity index (χ0v) is 18.6. The number of benzene rings is 2. The molecule has 0 atom stereocenters. The molecule has 3 aromatic rings. The van der Waals surface area contributed by atoms with E-state index in [1.807, 2.05) is 56.3 Å². The van der Waals surface area contributed by atoms with Gasteiger partial charge in [0.1, 0.15) is 12.3 Å². The van der Waals surface area contributed by atoms with E-state index in [9.17, 15) is 9.18 Å². The molecule has 1 aliphatic heterocycles. The first-order chi connectivity index (χ1) is 15.9. The smallest absolute Gasteiger partial charge is 0.326 e. The number of esters is 1. The summed E-state index contributed by atoms with van der Waals surface area (Å²) in [6.45, 7) is 4.57. The number of hydrogen-bond donors (Lipinski definition) is 3. The van der Waals surface area contributed by atoms with E-state index in [1.165, 1.54) is 7.11 Å². The molecule has 0 saturated heterocycles. The van der Waals surface area contributed by atoms with Crippen LogP contribution in [-0.2, 0) is 16.1 Å². The highest BCUT2D eigenvalue weighted by molar-refractivity contribution is 5.78. The Balaban J connectivity index is 1.49. The van der Waals surface area contributed by atoms with Crippen molar-refractivity contribution in [3.05, 3.63) is 60.0 Å². The molecule has 2 aromatic carbocycles. The standard InChI is InChI=1S/C23H25FN6O3/c1-14(2)33-18-8-6-16(7-9-18)28-23-25-12-19(24)22(29-23)27-17-5-4-15-11-26-30(20(15)10-17)13-21(31)32-3/h4-10,12,14,26H,11,13H2,1-3H3,(H2,25,27,28,29). The normalized spacial score (nSPS) is 12.5. The Kier molecular flexibility index (Phi) is 6.55. The lowest BCUT2D eigenvalue weighted by molar-refractivity contribution is -0.139. The second-order valence-corrected chi connectivity index (χ2v) is 7.67. The number of halogens is 1. The summed E-state index contributed by atoms with van der Waals surface area (Å²) in [4.78, 5) is 19.9. The molecule has 0 amide bonds. The second-order valence-electron chi connectivity index (χ2n) is 7.67. The van der Waals surface area contributed by atoms with Crippen LogP contribution in [0.25, 0.3) is 0 Å². The van der Waals surface area contributed by atoms with Crippen LogP contribution < -0.4 is 25.8 Å². The first kappa shape index (κ1) is 22.3. The summed E-state index contributed by atoms with van der Waals surface area (Å²) in [7, 11) is 1.34. The number of ether oxygens (including phenoxy) is 2. The Labute approximate surface area is 190 Å². The van der Waals surface area contributed by atoms with Crippen molar-refractivity contribution in [2.45, 2.75) is 26.5 Å². The Hall–Kier alpha value is -3.92. The highest BCUT2D eigenvalue weighted by Crippen LogP contribution is 2.30. The Morgan fingerprint density at radius 3 is 2.67 bits per heavy atom. The van der Waals surface area contributed by atoms with Crippen LogP contribution in [-0.4, -0.2) is 35.7 Å². The summed E-state index contributed by atoms with van der Waals surface area (Å²) in [6, 6.07) is 12.9. The van der Waals surface area contributed by atoms with Gasteiger partial charge in [0.25, 0.3) is 0 Å². The molecule has 1 aliphatic rings. The average molecular weight is 452 g/mol. The molecule has 0 aliphatic carbocycles. The van der Waals surface area contributed by atoms with E-state index in [2.05, 4.69) is 26.0 Å². The number of methoxy groups -OCH3 is 1. The molecule has 1 aromatic heterocycles. The van der Waals surface area contributed by atoms with Crippen molar-refractivity contribution in [3.63, 3.8) is 0 Å². The van der Waals surface area contributed by atoms with Crippen molar-refractivity contribution < 1.29 is 18.7 Å². The maximum Gasteiger partial charge on any atom is 0.326 e. The van der Waals surface area contributed by atoms with Crippen LogP contribution in [0.1, 0.15) is 19.4 Å². The number of aromatic nitrogens is 2. The van der Waals surface area contributed by atoms with Gasteiger partial charge in [0, 0.05) is 17.9 Å². The summed E-state index contributed by atoms with van der Waals surface area (Å²) in [6.07, 6.45) is 1.19. The Morgan fingerprint density at radius 1 is 1.18 bits per heavy atom. The number of carbonyl (C=O) groups excluding carboxylic acids is 1. The van der Waals surface area contributed by atoms with Crippen LogP contribution in [0.3, 0.4) is 0 Å². The van der Waals surface area contributed by atoms with E-state index in [0.29, 0.717) is 12.2 Å². The van der Waals surface area contributed by atoms with Gasteiger partial charge in [-0.25, -0.2) is 14.8 Å². The monoisotopic (exact) mass is 452 g/mol. The third kappa shape index (κ3) is 5.47. The minimum absolute atomic E-state index is 0.0256. The number of anilines is 5. The van der Waals surface area contributed by atoms with Crippen LogP contribution in [0.4, 0.5) is 33.2 Å². The van der Waals surface area contributed by atoms with Gasteiger partial charge >= 0.3 is 5.97 Å². The molecule has 172 valence electrons. The molecule has 0 unspecified atom stereocenters. The average Bonchev–Trinajstić information content (AvgIpc) is 3.19. The van der Waals surface area contributed by atoms with Crippen molar-refractivity contribution in [1.29, 1.82) is 0 Å². The second kappa shape index (κ2) is 9.70. The van der Waals surface area contributed by atoms with Crippen molar-refractivity contribution in [3.8, 4) is 5.75 Å². The molecule has 9 nitrogen and oxygen atoms in total. The molecular weight excluding hydrogens is 427 g/mol. The summed E-state index contributed by atoms with van der Waals surface area (Å²) in [5.74, 6) is 0.0656. The van der Waals surface area contributed by atoms with Crippen molar-refractivity contribution in [2.24, 2.45) is 0 Å². The number of fused-ring (bicyclic) bond motifs is 1. The number of nitrogens with one attached hydrogen (secondary N) is 3. The maximum atomic E-state index is 14.4. The minimum Gasteiger partial charge on any atom is -0.491 e. The summed E-state index contributed by atoms with van der Waals surface area (Å²) in [5.41, 5.74) is 6.31. The number of hydrogen-bond acceptors (Lipinski definition) is 9. The van der Waals surface area contributed by atoms with Gasteiger partial charge in [0.05, 0.1) is 25.1 Å². The third-order valence-electron chi connectivity index (χ3n) is 4.84. The van der Waals surface area contributed by atoms with E-state index in [-0.39, 0.29) is 30.4 Å². The zero-order chi connectivity index (χ0) is 23.4. The largest absolute Gasteiger partial charge is 0.491 e. The fraction of sp³-hybridized carbons (Fsp3) is 0.261. The van der Waals surface area contributed by atoms with E-state index in [0.717, 1.165) is 28.9 Å². The van der Waals surface area contributed by atoms with Crippen molar-refractivity contribution >= 4 is 34.8 Å². The van der Waals surface area contributed by atoms with Crippen LogP contribution in [0.2, 0.25) is 0 Å². The number of nitrogens with zero attached hydrogens (tertiary/aromatic N) is 3. The topological polar surface area (TPSA) is 101 Å². The van der Waals surface area contributed by atoms with Gasteiger partial charge in [-0.3, -0.25) is 9.80 Å². The minimum atomic E-state index is -0.591. The molecule has 2 heterocycles. The molecule has 0 fully saturated rings. The fourth-order valence-electron chi connectivity index (χ4n) is 3.31. The quantitative estimate of drug-likeness (QED) is 0.440. The Bertz CT molecular complexity index is 1140. The summed E-state index contributed by atoms with van der Waals surface area (Å²) in [5, 5.41) is 7.75. The molecule has 10 heteroatoms. The van der Waals surface area contributed by atoms with E-state index in [4.69, 9.17) is 9.47 Å². The van der Waals surface area contributed by atoms with Crippen LogP contribution in [0.15, 0.2) is 48.7 Å². The van der Waals surface area contributed by atoms with Crippen LogP contribution in [0.5, 0.6) is 5.75 Å². The predicted octanol–water partition coefficient (Wildman–Crippen LogP) is 3.89. The highest BCUT2D eigenvalue weighted by Gasteiger charge is 2.22. The Morgan fingerprint density at radius 2 is 1.94 bits per heavy atom. The van der Waals surface area contributed by atoms with Crippen LogP contribution >= 0.6 is 0 Å². The van der Waals surface area contributed by atoms with Gasteiger partial charge in [-0.2, -0.15) is 4.98 Å². The zero-order valence-electron chi connectivity index (χ0n) is 18.6. The van der Waals surface area contributed by atoms with Gasteiger partial charge < -0.3 is 20.1 Å². The molecule has 0 radical (unpaired) electrons. The van der Waals surface area contributed by atoms with Crippen molar-refractivity contribution in [2.75, 3.05) is 29.3 Å². The lowest BCUT2D eigenvalue weighted by Gasteiger charge is -2.18. The molecule has 3 N–H and O–H groups in total. The van der Waals surface area contributed by atoms with Gasteiger partial charge in [-0.05, 0) is 55.8 Å². The molecule has 0 saturated carbocycles. The highest BCUT2D eigenvalue weighted by atomic mass is 19.1. The van der Waals surface area contributed by atoms with Gasteiger partial charge in [0.2, 0.25) is 5.95 Å². The fourth-order valence-corrected chi connectivity index (χ4v) is 3.31. The lowest BCUT2D eigenvalue weighted by Crippen LogP contribution is -2.37. The van der Waals surface area contributed by atoms with Gasteiger partial charge in [-0.15, -0.1) is 0 Å². The summed E-state index contributed by atoms with van der Waals surface area (Å²) < 4.78 is 24.8. The number of carbonyl (C=O) groups is 1. The van der Waals surface area contributed by atoms with E-state index >= 15 is 0 Å². The number of rotatable bonds is 8. The first-order valence-corrected chi connectivity index (χ1v) is 10.5. The third-order valence-corrected chi connectivity index (χ3v) is 4.84. The van der Waals surface area contributed by atoms with E-state index < -0.39 is 5.82 Å². The predicted molar refractivity (Wildman–Crippen MR) is 123 cm³/mol. The van der Waals surface area contributed by atoms with E-state index in [1.54, 1.807) is 5.01 Å². The molecule has 0 spiro atoms. The first-order valence-electron chi connectivity index (χ1n) is 10.5.